The van der Waals surface area contributed by atoms with Crippen LogP contribution in [0.3, 0.4) is 0 Å². The van der Waals surface area contributed by atoms with Gasteiger partial charge in [0.25, 0.3) is 5.91 Å². The molecule has 0 unspecified atom stereocenters. The molecular formula is C23H31ClN4O3. The number of halogens is 1. The van der Waals surface area contributed by atoms with E-state index in [1.165, 1.54) is 0 Å². The maximum absolute atomic E-state index is 13.4. The first-order chi connectivity index (χ1) is 14.9. The number of amides is 2. The molecule has 8 heteroatoms. The molecule has 0 atom stereocenters. The summed E-state index contributed by atoms with van der Waals surface area (Å²) in [5.41, 5.74) is 2.61. The molecular weight excluding hydrogens is 416 g/mol. The minimum Gasteiger partial charge on any atom is -0.392 e. The predicted molar refractivity (Wildman–Crippen MR) is 121 cm³/mol. The molecule has 0 saturated carbocycles. The summed E-state index contributed by atoms with van der Waals surface area (Å²) in [6, 6.07) is 5.59. The standard InChI is InChI=1S/C23H31ClN4O3/c1-3-27-15-20(24)22(25-27)23(31)26-11-7-5-4-6-8-12-28(17(2)30)21-13-18(16-29)9-10-19(21)14-26/h9-10,13,15,29H,3-8,11-12,14,16H2,1-2H3. The SMILES string of the molecule is CCn1cc(Cl)c(C(=O)N2CCCCCCCN(C(C)=O)c3cc(CO)ccc3C2)n1. The van der Waals surface area contributed by atoms with Gasteiger partial charge in [-0.1, -0.05) is 43.0 Å². The van der Waals surface area contributed by atoms with Crippen molar-refractivity contribution in [2.24, 2.45) is 0 Å². The first kappa shape index (κ1) is 23.3. The zero-order valence-electron chi connectivity index (χ0n) is 18.3. The summed E-state index contributed by atoms with van der Waals surface area (Å²) in [7, 11) is 0. The van der Waals surface area contributed by atoms with Gasteiger partial charge in [-0.15, -0.1) is 0 Å². The van der Waals surface area contributed by atoms with E-state index in [0.29, 0.717) is 31.2 Å². The molecule has 0 bridgehead atoms. The number of aromatic nitrogens is 2. The third kappa shape index (κ3) is 5.66. The highest BCUT2D eigenvalue weighted by Gasteiger charge is 2.25. The van der Waals surface area contributed by atoms with Gasteiger partial charge in [-0.3, -0.25) is 14.3 Å². The second kappa shape index (κ2) is 10.8. The van der Waals surface area contributed by atoms with Crippen molar-refractivity contribution in [2.45, 2.75) is 65.6 Å². The zero-order chi connectivity index (χ0) is 22.4. The summed E-state index contributed by atoms with van der Waals surface area (Å²) in [6.07, 6.45) is 6.61. The molecule has 0 aliphatic carbocycles. The average molecular weight is 447 g/mol. The highest BCUT2D eigenvalue weighted by molar-refractivity contribution is 6.33. The van der Waals surface area contributed by atoms with Gasteiger partial charge in [0.15, 0.2) is 5.69 Å². The third-order valence-electron chi connectivity index (χ3n) is 5.70. The Kier molecular flexibility index (Phi) is 8.09. The minimum absolute atomic E-state index is 0.0454. The molecule has 31 heavy (non-hydrogen) atoms. The van der Waals surface area contributed by atoms with E-state index in [2.05, 4.69) is 5.10 Å². The van der Waals surface area contributed by atoms with Crippen molar-refractivity contribution < 1.29 is 14.7 Å². The molecule has 0 saturated heterocycles. The van der Waals surface area contributed by atoms with Crippen molar-refractivity contribution in [3.8, 4) is 0 Å². The van der Waals surface area contributed by atoms with Crippen LogP contribution in [-0.2, 0) is 24.5 Å². The van der Waals surface area contributed by atoms with Crippen LogP contribution in [0.25, 0.3) is 0 Å². The highest BCUT2D eigenvalue weighted by atomic mass is 35.5. The van der Waals surface area contributed by atoms with Crippen LogP contribution >= 0.6 is 11.6 Å². The lowest BCUT2D eigenvalue weighted by molar-refractivity contribution is -0.116. The van der Waals surface area contributed by atoms with Crippen molar-refractivity contribution in [3.05, 3.63) is 46.2 Å². The van der Waals surface area contributed by atoms with Crippen LogP contribution in [0.1, 0.15) is 67.6 Å². The number of fused-ring (bicyclic) bond motifs is 1. The van der Waals surface area contributed by atoms with Crippen molar-refractivity contribution in [1.82, 2.24) is 14.7 Å². The first-order valence-corrected chi connectivity index (χ1v) is 11.3. The second-order valence-electron chi connectivity index (χ2n) is 7.97. The number of anilines is 1. The molecule has 0 fully saturated rings. The summed E-state index contributed by atoms with van der Waals surface area (Å²) < 4.78 is 1.66. The number of benzene rings is 1. The Morgan fingerprint density at radius 3 is 2.48 bits per heavy atom. The predicted octanol–water partition coefficient (Wildman–Crippen LogP) is 4.01. The molecule has 7 nitrogen and oxygen atoms in total. The van der Waals surface area contributed by atoms with Crippen LogP contribution in [0.15, 0.2) is 24.4 Å². The lowest BCUT2D eigenvalue weighted by Gasteiger charge is -2.29. The van der Waals surface area contributed by atoms with Gasteiger partial charge < -0.3 is 14.9 Å². The molecule has 1 aromatic heterocycles. The first-order valence-electron chi connectivity index (χ1n) is 11.0. The van der Waals surface area contributed by atoms with Crippen LogP contribution in [0.5, 0.6) is 0 Å². The monoisotopic (exact) mass is 446 g/mol. The van der Waals surface area contributed by atoms with Crippen molar-refractivity contribution >= 4 is 29.1 Å². The molecule has 1 aliphatic heterocycles. The Hall–Kier alpha value is -2.38. The molecule has 1 aliphatic rings. The number of aryl methyl sites for hydroxylation is 1. The van der Waals surface area contributed by atoms with Crippen molar-refractivity contribution in [3.63, 3.8) is 0 Å². The van der Waals surface area contributed by atoms with Crippen LogP contribution < -0.4 is 4.90 Å². The smallest absolute Gasteiger partial charge is 0.276 e. The summed E-state index contributed by atoms with van der Waals surface area (Å²) >= 11 is 6.31. The van der Waals surface area contributed by atoms with Gasteiger partial charge in [0.2, 0.25) is 5.91 Å². The highest BCUT2D eigenvalue weighted by Crippen LogP contribution is 2.27. The Balaban J connectivity index is 2.00. The number of aliphatic hydroxyl groups is 1. The second-order valence-corrected chi connectivity index (χ2v) is 8.37. The molecule has 2 heterocycles. The fraction of sp³-hybridized carbons (Fsp3) is 0.522. The summed E-state index contributed by atoms with van der Waals surface area (Å²) in [6.45, 7) is 5.59. The van der Waals surface area contributed by atoms with E-state index in [1.54, 1.807) is 27.6 Å². The topological polar surface area (TPSA) is 78.7 Å². The molecule has 0 radical (unpaired) electrons. The Bertz CT molecular complexity index is 928. The number of nitrogens with zero attached hydrogens (tertiary/aromatic N) is 4. The average Bonchev–Trinajstić information content (AvgIpc) is 3.14. The lowest BCUT2D eigenvalue weighted by atomic mass is 10.0. The molecule has 1 N–H and O–H groups in total. The number of aliphatic hydroxyl groups excluding tert-OH is 1. The Labute approximate surface area is 188 Å². The van der Waals surface area contributed by atoms with E-state index in [4.69, 9.17) is 11.6 Å². The van der Waals surface area contributed by atoms with Gasteiger partial charge in [-0.05, 0) is 37.0 Å². The normalized spacial score (nSPS) is 15.7. The van der Waals surface area contributed by atoms with Crippen LogP contribution in [0.2, 0.25) is 5.02 Å². The Morgan fingerprint density at radius 2 is 1.84 bits per heavy atom. The molecule has 0 spiro atoms. The largest absolute Gasteiger partial charge is 0.392 e. The summed E-state index contributed by atoms with van der Waals surface area (Å²) in [4.78, 5) is 29.3. The molecule has 2 aromatic rings. The van der Waals surface area contributed by atoms with Crippen LogP contribution in [0, 0.1) is 0 Å². The number of carbonyl (C=O) groups is 2. The van der Waals surface area contributed by atoms with Crippen molar-refractivity contribution in [2.75, 3.05) is 18.0 Å². The number of carbonyl (C=O) groups excluding carboxylic acids is 2. The van der Waals surface area contributed by atoms with Crippen molar-refractivity contribution in [1.29, 1.82) is 0 Å². The van der Waals surface area contributed by atoms with E-state index < -0.39 is 0 Å². The fourth-order valence-corrected chi connectivity index (χ4v) is 4.19. The Morgan fingerprint density at radius 1 is 1.13 bits per heavy atom. The molecule has 1 aromatic carbocycles. The lowest BCUT2D eigenvalue weighted by Crippen LogP contribution is -2.35. The maximum Gasteiger partial charge on any atom is 0.276 e. The fourth-order valence-electron chi connectivity index (χ4n) is 3.95. The zero-order valence-corrected chi connectivity index (χ0v) is 19.1. The number of hydrogen-bond acceptors (Lipinski definition) is 4. The van der Waals surface area contributed by atoms with Gasteiger partial charge >= 0.3 is 0 Å². The van der Waals surface area contributed by atoms with Gasteiger partial charge in [0.05, 0.1) is 11.6 Å². The summed E-state index contributed by atoms with van der Waals surface area (Å²) in [5, 5.41) is 14.3. The van der Waals surface area contributed by atoms with Gasteiger partial charge in [0, 0.05) is 45.0 Å². The van der Waals surface area contributed by atoms with E-state index >= 15 is 0 Å². The number of rotatable bonds is 3. The minimum atomic E-state index is -0.208. The molecule has 2 amide bonds. The van der Waals surface area contributed by atoms with E-state index in [1.807, 2.05) is 25.1 Å². The van der Waals surface area contributed by atoms with Gasteiger partial charge in [0.1, 0.15) is 0 Å². The van der Waals surface area contributed by atoms with E-state index in [0.717, 1.165) is 48.9 Å². The quantitative estimate of drug-likeness (QED) is 0.772. The third-order valence-corrected chi connectivity index (χ3v) is 5.98. The summed E-state index contributed by atoms with van der Waals surface area (Å²) in [5.74, 6) is -0.253. The molecule has 168 valence electrons. The van der Waals surface area contributed by atoms with Gasteiger partial charge in [-0.2, -0.15) is 5.10 Å². The molecule has 3 rings (SSSR count). The van der Waals surface area contributed by atoms with Gasteiger partial charge in [-0.25, -0.2) is 0 Å². The van der Waals surface area contributed by atoms with Crippen LogP contribution in [-0.4, -0.2) is 44.7 Å². The van der Waals surface area contributed by atoms with E-state index in [-0.39, 0.29) is 24.1 Å². The van der Waals surface area contributed by atoms with Crippen LogP contribution in [0.4, 0.5) is 5.69 Å². The van der Waals surface area contributed by atoms with E-state index in [9.17, 15) is 14.7 Å². The maximum atomic E-state index is 13.4. The number of hydrogen-bond donors (Lipinski definition) is 1.